The fourth-order valence-electron chi connectivity index (χ4n) is 1.97. The molecule has 0 aliphatic heterocycles. The van der Waals surface area contributed by atoms with Gasteiger partial charge in [0.2, 0.25) is 0 Å². The second-order valence-corrected chi connectivity index (χ2v) is 5.94. The Morgan fingerprint density at radius 1 is 1.03 bits per heavy atom. The third-order valence-corrected chi connectivity index (χ3v) is 3.48. The lowest BCUT2D eigenvalue weighted by Gasteiger charge is -1.99. The summed E-state index contributed by atoms with van der Waals surface area (Å²) in [6.07, 6.45) is 10.6. The van der Waals surface area contributed by atoms with Gasteiger partial charge in [-0.05, 0) is 23.6 Å². The van der Waals surface area contributed by atoms with Gasteiger partial charge < -0.3 is 9.84 Å². The van der Waals surface area contributed by atoms with Gasteiger partial charge in [-0.3, -0.25) is 0 Å². The summed E-state index contributed by atoms with van der Waals surface area (Å²) >= 11 is 0. The highest BCUT2D eigenvalue weighted by Gasteiger charge is 1.99. The van der Waals surface area contributed by atoms with Gasteiger partial charge >= 0.3 is 5.97 Å². The minimum atomic E-state index is -0.455. The molecule has 0 aliphatic carbocycles. The summed E-state index contributed by atoms with van der Waals surface area (Å²) in [5.74, 6) is -0.455. The molecule has 0 bridgehead atoms. The Bertz CT molecular complexity index is 892. The van der Waals surface area contributed by atoms with Gasteiger partial charge in [-0.25, -0.2) is 4.79 Å². The first kappa shape index (κ1) is 27.1. The van der Waals surface area contributed by atoms with Crippen LogP contribution in [0.4, 0.5) is 0 Å². The van der Waals surface area contributed by atoms with E-state index in [-0.39, 0.29) is 13.2 Å². The van der Waals surface area contributed by atoms with Gasteiger partial charge in [0.05, 0.1) is 12.7 Å². The number of hydrogen-bond donors (Lipinski definition) is 1. The summed E-state index contributed by atoms with van der Waals surface area (Å²) in [7, 11) is 0. The van der Waals surface area contributed by atoms with Gasteiger partial charge in [-0.2, -0.15) is 5.26 Å². The van der Waals surface area contributed by atoms with Crippen molar-refractivity contribution in [2.24, 2.45) is 0 Å². The molecular weight excluding hydrogens is 386 g/mol. The maximum atomic E-state index is 10.5. The van der Waals surface area contributed by atoms with Gasteiger partial charge in [-0.15, -0.1) is 0 Å². The van der Waals surface area contributed by atoms with E-state index < -0.39 is 5.97 Å². The third kappa shape index (κ3) is 13.8. The van der Waals surface area contributed by atoms with Crippen LogP contribution in [0, 0.1) is 11.3 Å². The van der Waals surface area contributed by atoms with E-state index in [1.807, 2.05) is 85.0 Å². The second kappa shape index (κ2) is 18.1. The predicted octanol–water partition coefficient (Wildman–Crippen LogP) is 5.85. The van der Waals surface area contributed by atoms with Crippen molar-refractivity contribution < 1.29 is 14.6 Å². The molecule has 0 fully saturated rings. The fraction of sp³-hybridized carbons (Fsp3) is 0.111. The number of hydrogen-bond acceptors (Lipinski definition) is 4. The van der Waals surface area contributed by atoms with Crippen molar-refractivity contribution in [1.82, 2.24) is 0 Å². The smallest absolute Gasteiger partial charge is 0.333 e. The van der Waals surface area contributed by atoms with Crippen molar-refractivity contribution in [3.8, 4) is 6.07 Å². The van der Waals surface area contributed by atoms with Crippen molar-refractivity contribution in [3.05, 3.63) is 115 Å². The van der Waals surface area contributed by atoms with E-state index in [2.05, 4.69) is 24.5 Å². The average molecular weight is 416 g/mol. The number of rotatable bonds is 7. The number of nitriles is 1. The van der Waals surface area contributed by atoms with Crippen LogP contribution in [0.5, 0.6) is 0 Å². The van der Waals surface area contributed by atoms with Crippen LogP contribution in [0.3, 0.4) is 0 Å². The van der Waals surface area contributed by atoms with E-state index in [1.54, 1.807) is 13.0 Å². The van der Waals surface area contributed by atoms with Gasteiger partial charge in [0.1, 0.15) is 6.61 Å². The molecule has 0 amide bonds. The monoisotopic (exact) mass is 415 g/mol. The highest BCUT2D eigenvalue weighted by Crippen LogP contribution is 2.10. The Hall–Kier alpha value is -3.94. The molecule has 4 nitrogen and oxygen atoms in total. The first-order chi connectivity index (χ1) is 15.0. The summed E-state index contributed by atoms with van der Waals surface area (Å²) < 4.78 is 4.46. The van der Waals surface area contributed by atoms with Crippen molar-refractivity contribution >= 4 is 24.2 Å². The maximum absolute atomic E-state index is 10.5. The Morgan fingerprint density at radius 2 is 1.58 bits per heavy atom. The van der Waals surface area contributed by atoms with Gasteiger partial charge in [0.25, 0.3) is 0 Å². The number of allylic oxidation sites excluding steroid dienone is 3. The lowest BCUT2D eigenvalue weighted by Crippen LogP contribution is -2.08. The van der Waals surface area contributed by atoms with E-state index in [9.17, 15) is 4.79 Å². The minimum Gasteiger partial charge on any atom is -0.460 e. The first-order valence-electron chi connectivity index (χ1n) is 9.55. The minimum absolute atomic E-state index is 0.0473. The van der Waals surface area contributed by atoms with Crippen LogP contribution >= 0.6 is 0 Å². The molecule has 0 aromatic heterocycles. The summed E-state index contributed by atoms with van der Waals surface area (Å²) in [5, 5.41) is 16.4. The summed E-state index contributed by atoms with van der Waals surface area (Å²) in [6.45, 7) is 12.2. The number of aliphatic hydroxyl groups excluding tert-OH is 1. The SMILES string of the molecule is C=C(C)C(=O)OCCO.C=Cc1ccccc1C=C.N#CC=CC=Cc1ccccc1. The summed E-state index contributed by atoms with van der Waals surface area (Å²) in [4.78, 5) is 10.5. The third-order valence-electron chi connectivity index (χ3n) is 3.48. The van der Waals surface area contributed by atoms with Crippen LogP contribution < -0.4 is 0 Å². The Labute approximate surface area is 185 Å². The lowest BCUT2D eigenvalue weighted by atomic mass is 10.1. The number of nitrogens with zero attached hydrogens (tertiary/aromatic N) is 1. The number of aliphatic hydroxyl groups is 1. The molecule has 2 aromatic rings. The molecule has 0 aliphatic rings. The molecular formula is C27H29NO3. The van der Waals surface area contributed by atoms with Crippen LogP contribution in [-0.2, 0) is 9.53 Å². The molecule has 2 aromatic carbocycles. The second-order valence-electron chi connectivity index (χ2n) is 5.94. The van der Waals surface area contributed by atoms with Crippen LogP contribution in [0.1, 0.15) is 23.6 Å². The number of carbonyl (C=O) groups excluding carboxylic acids is 1. The van der Waals surface area contributed by atoms with Crippen molar-refractivity contribution in [2.45, 2.75) is 6.92 Å². The number of esters is 1. The molecule has 0 saturated carbocycles. The maximum Gasteiger partial charge on any atom is 0.333 e. The van der Waals surface area contributed by atoms with Crippen molar-refractivity contribution in [2.75, 3.05) is 13.2 Å². The molecule has 0 atom stereocenters. The molecule has 4 heteroatoms. The van der Waals surface area contributed by atoms with Crippen LogP contribution in [0.25, 0.3) is 18.2 Å². The van der Waals surface area contributed by atoms with E-state index in [1.165, 1.54) is 6.08 Å². The van der Waals surface area contributed by atoms with Crippen LogP contribution in [-0.4, -0.2) is 24.3 Å². The highest BCUT2D eigenvalue weighted by molar-refractivity contribution is 5.86. The van der Waals surface area contributed by atoms with Crippen LogP contribution in [0.15, 0.2) is 98.1 Å². The quantitative estimate of drug-likeness (QED) is 0.266. The van der Waals surface area contributed by atoms with Crippen molar-refractivity contribution in [3.63, 3.8) is 0 Å². The largest absolute Gasteiger partial charge is 0.460 e. The molecule has 0 spiro atoms. The first-order valence-corrected chi connectivity index (χ1v) is 9.55. The lowest BCUT2D eigenvalue weighted by molar-refractivity contribution is -0.139. The predicted molar refractivity (Wildman–Crippen MR) is 130 cm³/mol. The Morgan fingerprint density at radius 3 is 2.03 bits per heavy atom. The van der Waals surface area contributed by atoms with E-state index >= 15 is 0 Å². The topological polar surface area (TPSA) is 70.3 Å². The number of benzene rings is 2. The van der Waals surface area contributed by atoms with Crippen LogP contribution in [0.2, 0.25) is 0 Å². The molecule has 1 N–H and O–H groups in total. The molecule has 0 heterocycles. The zero-order chi connectivity index (χ0) is 23.3. The van der Waals surface area contributed by atoms with Crippen molar-refractivity contribution in [1.29, 1.82) is 5.26 Å². The number of carbonyl (C=O) groups is 1. The zero-order valence-electron chi connectivity index (χ0n) is 17.9. The summed E-state index contributed by atoms with van der Waals surface area (Å²) in [5.41, 5.74) is 3.76. The molecule has 2 rings (SSSR count). The number of ether oxygens (including phenoxy) is 1. The summed E-state index contributed by atoms with van der Waals surface area (Å²) in [6, 6.07) is 19.9. The molecule has 0 radical (unpaired) electrons. The normalized spacial score (nSPS) is 9.45. The Kier molecular flexibility index (Phi) is 15.8. The van der Waals surface area contributed by atoms with Gasteiger partial charge in [0, 0.05) is 11.6 Å². The zero-order valence-corrected chi connectivity index (χ0v) is 17.9. The molecule has 160 valence electrons. The van der Waals surface area contributed by atoms with E-state index in [0.29, 0.717) is 5.57 Å². The standard InChI is InChI=1S/C11H9N.C10H10.C6H10O3/c12-10-6-2-5-9-11-7-3-1-4-8-11;1-3-9-7-5-6-8-10(9)4-2;1-5(2)6(8)9-4-3-7/h1-9H;3-8H,1-2H2;7H,1,3-4H2,2H3. The highest BCUT2D eigenvalue weighted by atomic mass is 16.5. The molecule has 0 saturated heterocycles. The van der Waals surface area contributed by atoms with Gasteiger partial charge in [-0.1, -0.05) is 105 Å². The fourth-order valence-corrected chi connectivity index (χ4v) is 1.97. The Balaban J connectivity index is 0.000000441. The van der Waals surface area contributed by atoms with Gasteiger partial charge in [0.15, 0.2) is 0 Å². The average Bonchev–Trinajstić information content (AvgIpc) is 2.81. The van der Waals surface area contributed by atoms with E-state index in [0.717, 1.165) is 16.7 Å². The van der Waals surface area contributed by atoms with E-state index in [4.69, 9.17) is 10.4 Å². The molecule has 0 unspecified atom stereocenters. The molecule has 31 heavy (non-hydrogen) atoms.